The van der Waals surface area contributed by atoms with Gasteiger partial charge in [0.1, 0.15) is 16.8 Å². The summed E-state index contributed by atoms with van der Waals surface area (Å²) in [5.41, 5.74) is 3.55. The largest absolute Gasteiger partial charge is 0.494 e. The highest BCUT2D eigenvalue weighted by atomic mass is 79.9. The molecule has 1 aliphatic rings. The van der Waals surface area contributed by atoms with Crippen LogP contribution in [0, 0.1) is 0 Å². The van der Waals surface area contributed by atoms with Crippen LogP contribution < -0.4 is 14.4 Å². The van der Waals surface area contributed by atoms with Gasteiger partial charge in [-0.15, -0.1) is 12.4 Å². The number of carbonyl (C=O) groups is 1. The van der Waals surface area contributed by atoms with Crippen molar-refractivity contribution in [3.05, 3.63) is 90.4 Å². The third-order valence-electron chi connectivity index (χ3n) is 5.22. The molecule has 1 heterocycles. The molecular formula is C26H22Br3ClN2O4. The molecular weight excluding hydrogens is 679 g/mol. The molecule has 0 bridgehead atoms. The van der Waals surface area contributed by atoms with E-state index in [0.29, 0.717) is 26.0 Å². The molecule has 3 aromatic rings. The van der Waals surface area contributed by atoms with E-state index in [4.69, 9.17) is 14.2 Å². The minimum absolute atomic E-state index is 0. The predicted molar refractivity (Wildman–Crippen MR) is 155 cm³/mol. The summed E-state index contributed by atoms with van der Waals surface area (Å²) in [6, 6.07) is 17.2. The van der Waals surface area contributed by atoms with Crippen LogP contribution in [0.1, 0.15) is 16.7 Å². The Kier molecular flexibility index (Phi) is 9.63. The van der Waals surface area contributed by atoms with Crippen molar-refractivity contribution in [3.63, 3.8) is 0 Å². The number of halogens is 4. The fraction of sp³-hybridized carbons (Fsp3) is 0.154. The smallest absolute Gasteiger partial charge is 0.363 e. The van der Waals surface area contributed by atoms with Crippen molar-refractivity contribution in [1.29, 1.82) is 0 Å². The molecule has 0 aliphatic carbocycles. The highest BCUT2D eigenvalue weighted by Crippen LogP contribution is 2.44. The van der Waals surface area contributed by atoms with Gasteiger partial charge in [-0.25, -0.2) is 9.79 Å². The maximum atomic E-state index is 12.6. The number of nitrogens with zero attached hydrogens (tertiary/aromatic N) is 2. The predicted octanol–water partition coefficient (Wildman–Crippen LogP) is 7.39. The highest BCUT2D eigenvalue weighted by Gasteiger charge is 2.26. The molecule has 0 amide bonds. The van der Waals surface area contributed by atoms with Crippen molar-refractivity contribution < 1.29 is 19.0 Å². The lowest BCUT2D eigenvalue weighted by Crippen LogP contribution is -2.09. The number of anilines is 1. The van der Waals surface area contributed by atoms with Gasteiger partial charge in [0.15, 0.2) is 11.4 Å². The second-order valence-corrected chi connectivity index (χ2v) is 10.3. The Morgan fingerprint density at radius 1 is 1.00 bits per heavy atom. The molecule has 10 heteroatoms. The van der Waals surface area contributed by atoms with E-state index in [1.165, 1.54) is 0 Å². The van der Waals surface area contributed by atoms with Crippen LogP contribution in [0.15, 0.2) is 78.7 Å². The molecule has 0 saturated heterocycles. The number of benzene rings is 3. The van der Waals surface area contributed by atoms with Crippen molar-refractivity contribution in [2.24, 2.45) is 4.99 Å². The van der Waals surface area contributed by atoms with Crippen LogP contribution in [0.25, 0.3) is 6.08 Å². The van der Waals surface area contributed by atoms with Gasteiger partial charge in [-0.2, -0.15) is 0 Å². The van der Waals surface area contributed by atoms with Crippen molar-refractivity contribution in [2.75, 3.05) is 26.1 Å². The van der Waals surface area contributed by atoms with Gasteiger partial charge in [-0.1, -0.05) is 34.1 Å². The number of methoxy groups -OCH3 is 1. The Balaban J connectivity index is 0.00000361. The quantitative estimate of drug-likeness (QED) is 0.190. The third-order valence-corrected chi connectivity index (χ3v) is 7.30. The summed E-state index contributed by atoms with van der Waals surface area (Å²) in [4.78, 5) is 19.0. The summed E-state index contributed by atoms with van der Waals surface area (Å²) in [6.45, 7) is 0.283. The van der Waals surface area contributed by atoms with Gasteiger partial charge in [-0.05, 0) is 74.3 Å². The molecule has 0 N–H and O–H groups in total. The second kappa shape index (κ2) is 12.3. The number of hydrogen-bond donors (Lipinski definition) is 0. The van der Waals surface area contributed by atoms with E-state index in [9.17, 15) is 4.79 Å². The normalized spacial score (nSPS) is 13.7. The molecule has 4 rings (SSSR count). The third kappa shape index (κ3) is 6.14. The maximum absolute atomic E-state index is 12.6. The zero-order valence-corrected chi connectivity index (χ0v) is 25.1. The number of hydrogen-bond acceptors (Lipinski definition) is 6. The summed E-state index contributed by atoms with van der Waals surface area (Å²) in [7, 11) is 5.55. The number of esters is 1. The molecule has 0 radical (unpaired) electrons. The number of rotatable bonds is 7. The monoisotopic (exact) mass is 698 g/mol. The minimum Gasteiger partial charge on any atom is -0.494 e. The maximum Gasteiger partial charge on any atom is 0.363 e. The average molecular weight is 702 g/mol. The van der Waals surface area contributed by atoms with Crippen LogP contribution in [-0.4, -0.2) is 33.1 Å². The molecule has 3 aromatic carbocycles. The van der Waals surface area contributed by atoms with Gasteiger partial charge < -0.3 is 19.1 Å². The molecule has 0 unspecified atom stereocenters. The molecule has 0 spiro atoms. The van der Waals surface area contributed by atoms with E-state index in [2.05, 4.69) is 58.8 Å². The summed E-state index contributed by atoms with van der Waals surface area (Å²) >= 11 is 10.7. The molecule has 6 nitrogen and oxygen atoms in total. The van der Waals surface area contributed by atoms with Gasteiger partial charge in [0, 0.05) is 40.9 Å². The summed E-state index contributed by atoms with van der Waals surface area (Å²) in [6.07, 6.45) is 1.65. The zero-order chi connectivity index (χ0) is 25.1. The van der Waals surface area contributed by atoms with Crippen LogP contribution in [0.3, 0.4) is 0 Å². The lowest BCUT2D eigenvalue weighted by molar-refractivity contribution is -0.129. The molecule has 1 aliphatic heterocycles. The van der Waals surface area contributed by atoms with E-state index in [1.807, 2.05) is 67.5 Å². The van der Waals surface area contributed by atoms with E-state index in [0.717, 1.165) is 21.3 Å². The van der Waals surface area contributed by atoms with Gasteiger partial charge in [0.25, 0.3) is 0 Å². The first kappa shape index (κ1) is 28.2. The zero-order valence-electron chi connectivity index (χ0n) is 19.6. The number of aliphatic imine (C=N–C) groups is 1. The van der Waals surface area contributed by atoms with Crippen molar-refractivity contribution in [3.8, 4) is 11.5 Å². The first-order valence-corrected chi connectivity index (χ1v) is 12.9. The van der Waals surface area contributed by atoms with Crippen LogP contribution >= 0.6 is 60.2 Å². The fourth-order valence-electron chi connectivity index (χ4n) is 3.40. The van der Waals surface area contributed by atoms with E-state index in [-0.39, 0.29) is 30.6 Å². The summed E-state index contributed by atoms with van der Waals surface area (Å²) < 4.78 is 19.5. The van der Waals surface area contributed by atoms with Gasteiger partial charge in [-0.3, -0.25) is 0 Å². The van der Waals surface area contributed by atoms with Crippen molar-refractivity contribution >= 4 is 83.8 Å². The van der Waals surface area contributed by atoms with E-state index < -0.39 is 5.97 Å². The molecule has 0 aromatic heterocycles. The Hall–Kier alpha value is -2.33. The topological polar surface area (TPSA) is 60.4 Å². The van der Waals surface area contributed by atoms with Crippen molar-refractivity contribution in [1.82, 2.24) is 0 Å². The Bertz CT molecular complexity index is 1340. The molecule has 0 fully saturated rings. The first-order valence-electron chi connectivity index (χ1n) is 10.5. The Morgan fingerprint density at radius 2 is 1.72 bits per heavy atom. The number of carbonyl (C=O) groups excluding carboxylic acids is 1. The Labute approximate surface area is 241 Å². The van der Waals surface area contributed by atoms with Crippen LogP contribution in [0.4, 0.5) is 5.69 Å². The number of cyclic esters (lactones) is 1. The first-order chi connectivity index (χ1) is 16.8. The van der Waals surface area contributed by atoms with Crippen LogP contribution in [0.2, 0.25) is 0 Å². The summed E-state index contributed by atoms with van der Waals surface area (Å²) in [5, 5.41) is 0. The average Bonchev–Trinajstić information content (AvgIpc) is 3.20. The number of ether oxygens (including phenoxy) is 3. The van der Waals surface area contributed by atoms with Gasteiger partial charge in [0.2, 0.25) is 5.90 Å². The van der Waals surface area contributed by atoms with E-state index in [1.54, 1.807) is 13.2 Å². The fourth-order valence-corrected chi connectivity index (χ4v) is 5.36. The van der Waals surface area contributed by atoms with Crippen molar-refractivity contribution in [2.45, 2.75) is 6.61 Å². The lowest BCUT2D eigenvalue weighted by atomic mass is 10.1. The van der Waals surface area contributed by atoms with Crippen LogP contribution in [0.5, 0.6) is 11.5 Å². The summed E-state index contributed by atoms with van der Waals surface area (Å²) in [5.74, 6) is 0.821. The SMILES string of the molecule is COc1c(Br)cc(/C=C2\N=C(c3ccccc3)OC2=O)c(OCc2cc(N(C)C)ccc2Br)c1Br.Cl. The second-order valence-electron chi connectivity index (χ2n) is 7.78. The minimum atomic E-state index is -0.528. The molecule has 0 saturated carbocycles. The highest BCUT2D eigenvalue weighted by molar-refractivity contribution is 9.11. The van der Waals surface area contributed by atoms with Gasteiger partial charge in [0.05, 0.1) is 11.6 Å². The van der Waals surface area contributed by atoms with Crippen LogP contribution in [-0.2, 0) is 16.1 Å². The lowest BCUT2D eigenvalue weighted by Gasteiger charge is -2.18. The standard InChI is InChI=1S/C26H21Br3N2O4.ClH/c1-31(2)18-9-10-19(27)17(11-18)14-34-23-16(12-20(28)24(33-3)22(23)29)13-21-26(32)35-25(30-21)15-7-5-4-6-8-15;/h4-13H,14H2,1-3H3;1H/b21-13-;. The molecule has 0 atom stereocenters. The van der Waals surface area contributed by atoms with E-state index >= 15 is 0 Å². The van der Waals surface area contributed by atoms with Gasteiger partial charge >= 0.3 is 5.97 Å². The molecule has 188 valence electrons. The Morgan fingerprint density at radius 3 is 2.39 bits per heavy atom. The molecule has 36 heavy (non-hydrogen) atoms.